The van der Waals surface area contributed by atoms with Crippen LogP contribution in [0.25, 0.3) is 0 Å². The van der Waals surface area contributed by atoms with E-state index in [1.54, 1.807) is 0 Å². The topological polar surface area (TPSA) is 26.0 Å². The van der Waals surface area contributed by atoms with Gasteiger partial charge in [-0.25, -0.2) is 0 Å². The van der Waals surface area contributed by atoms with Gasteiger partial charge in [0.2, 0.25) is 0 Å². The summed E-state index contributed by atoms with van der Waals surface area (Å²) in [7, 11) is 0. The molecule has 1 heteroatoms. The van der Waals surface area contributed by atoms with Crippen molar-refractivity contribution >= 4 is 0 Å². The molecule has 0 radical (unpaired) electrons. The van der Waals surface area contributed by atoms with Crippen molar-refractivity contribution in [1.82, 2.24) is 0 Å². The summed E-state index contributed by atoms with van der Waals surface area (Å²) in [6.07, 6.45) is 7.61. The first kappa shape index (κ1) is 11.7. The minimum Gasteiger partial charge on any atom is -0.321 e. The smallest absolute Gasteiger partial charge is 0.0409 e. The molecular weight excluding hydrogens is 194 g/mol. The molecule has 1 aromatic carbocycles. The fourth-order valence-electron chi connectivity index (χ4n) is 2.95. The van der Waals surface area contributed by atoms with Gasteiger partial charge in [0.1, 0.15) is 0 Å². The quantitative estimate of drug-likeness (QED) is 0.818. The molecule has 0 amide bonds. The van der Waals surface area contributed by atoms with Gasteiger partial charge in [0.25, 0.3) is 0 Å². The Morgan fingerprint density at radius 1 is 1.19 bits per heavy atom. The zero-order valence-electron chi connectivity index (χ0n) is 10.3. The fraction of sp³-hybridized carbons (Fsp3) is 0.600. The van der Waals surface area contributed by atoms with E-state index < -0.39 is 0 Å². The van der Waals surface area contributed by atoms with Crippen molar-refractivity contribution in [3.8, 4) is 0 Å². The Labute approximate surface area is 99.0 Å². The molecule has 1 aliphatic rings. The van der Waals surface area contributed by atoms with Crippen LogP contribution in [0.4, 0.5) is 0 Å². The second kappa shape index (κ2) is 5.01. The van der Waals surface area contributed by atoms with Crippen molar-refractivity contribution in [2.45, 2.75) is 51.0 Å². The molecule has 0 aliphatic heterocycles. The zero-order chi connectivity index (χ0) is 11.4. The normalized spacial score (nSPS) is 30.2. The second-order valence-electron chi connectivity index (χ2n) is 5.25. The van der Waals surface area contributed by atoms with Gasteiger partial charge in [-0.1, -0.05) is 50.1 Å². The molecule has 0 bridgehead atoms. The van der Waals surface area contributed by atoms with Crippen LogP contribution in [0.5, 0.6) is 0 Å². The molecule has 1 saturated carbocycles. The van der Waals surface area contributed by atoms with Gasteiger partial charge in [0.05, 0.1) is 0 Å². The first-order valence-electron chi connectivity index (χ1n) is 6.59. The zero-order valence-corrected chi connectivity index (χ0v) is 10.3. The fourth-order valence-corrected chi connectivity index (χ4v) is 2.95. The van der Waals surface area contributed by atoms with Crippen molar-refractivity contribution in [3.63, 3.8) is 0 Å². The lowest BCUT2D eigenvalue weighted by atomic mass is 9.72. The molecular formula is C15H23N. The summed E-state index contributed by atoms with van der Waals surface area (Å²) < 4.78 is 0. The minimum absolute atomic E-state index is 0.0501. The van der Waals surface area contributed by atoms with Gasteiger partial charge < -0.3 is 5.73 Å². The Hall–Kier alpha value is -0.820. The van der Waals surface area contributed by atoms with Gasteiger partial charge in [-0.15, -0.1) is 0 Å². The molecule has 0 atom stereocenters. The highest BCUT2D eigenvalue weighted by molar-refractivity contribution is 5.24. The van der Waals surface area contributed by atoms with Crippen LogP contribution in [0, 0.1) is 5.92 Å². The maximum atomic E-state index is 6.54. The van der Waals surface area contributed by atoms with Gasteiger partial charge in [-0.2, -0.15) is 0 Å². The van der Waals surface area contributed by atoms with Gasteiger partial charge in [-0.05, 0) is 37.2 Å². The van der Waals surface area contributed by atoms with Crippen LogP contribution in [-0.4, -0.2) is 0 Å². The summed E-state index contributed by atoms with van der Waals surface area (Å²) in [5.41, 5.74) is 7.81. The van der Waals surface area contributed by atoms with Crippen LogP contribution in [0.15, 0.2) is 30.3 Å². The monoisotopic (exact) mass is 217 g/mol. The third kappa shape index (κ3) is 2.46. The highest BCUT2D eigenvalue weighted by atomic mass is 14.7. The van der Waals surface area contributed by atoms with Crippen LogP contribution in [0.3, 0.4) is 0 Å². The van der Waals surface area contributed by atoms with E-state index >= 15 is 0 Å². The van der Waals surface area contributed by atoms with Gasteiger partial charge >= 0.3 is 0 Å². The van der Waals surface area contributed by atoms with Crippen molar-refractivity contribution in [1.29, 1.82) is 0 Å². The molecule has 88 valence electrons. The molecule has 1 nitrogen and oxygen atoms in total. The molecule has 1 aliphatic carbocycles. The lowest BCUT2D eigenvalue weighted by Crippen LogP contribution is -2.40. The molecule has 0 spiro atoms. The van der Waals surface area contributed by atoms with E-state index in [4.69, 9.17) is 5.73 Å². The van der Waals surface area contributed by atoms with E-state index in [0.717, 1.165) is 18.8 Å². The van der Waals surface area contributed by atoms with E-state index in [0.29, 0.717) is 0 Å². The van der Waals surface area contributed by atoms with E-state index in [1.807, 2.05) is 0 Å². The highest BCUT2D eigenvalue weighted by Crippen LogP contribution is 2.38. The standard InChI is InChI=1S/C15H23N/c1-2-6-13-9-11-15(16,12-10-13)14-7-4-3-5-8-14/h3-5,7-8,13H,2,6,9-12,16H2,1H3. The van der Waals surface area contributed by atoms with E-state index in [2.05, 4.69) is 37.3 Å². The highest BCUT2D eigenvalue weighted by Gasteiger charge is 2.32. The summed E-state index contributed by atoms with van der Waals surface area (Å²) in [5.74, 6) is 0.922. The van der Waals surface area contributed by atoms with Crippen LogP contribution in [-0.2, 0) is 5.54 Å². The lowest BCUT2D eigenvalue weighted by molar-refractivity contribution is 0.226. The Morgan fingerprint density at radius 3 is 2.38 bits per heavy atom. The number of hydrogen-bond acceptors (Lipinski definition) is 1. The van der Waals surface area contributed by atoms with Gasteiger partial charge in [0.15, 0.2) is 0 Å². The average Bonchev–Trinajstić information content (AvgIpc) is 2.34. The average molecular weight is 217 g/mol. The lowest BCUT2D eigenvalue weighted by Gasteiger charge is -2.37. The van der Waals surface area contributed by atoms with E-state index in [1.165, 1.54) is 31.2 Å². The summed E-state index contributed by atoms with van der Waals surface area (Å²) >= 11 is 0. The molecule has 0 saturated heterocycles. The Bertz CT molecular complexity index is 309. The van der Waals surface area contributed by atoms with Crippen LogP contribution >= 0.6 is 0 Å². The largest absolute Gasteiger partial charge is 0.321 e. The molecule has 0 heterocycles. The summed E-state index contributed by atoms with van der Waals surface area (Å²) in [4.78, 5) is 0. The molecule has 16 heavy (non-hydrogen) atoms. The van der Waals surface area contributed by atoms with Crippen LogP contribution in [0.2, 0.25) is 0 Å². The van der Waals surface area contributed by atoms with Crippen LogP contribution < -0.4 is 5.73 Å². The Morgan fingerprint density at radius 2 is 1.81 bits per heavy atom. The Balaban J connectivity index is 2.01. The third-order valence-corrected chi connectivity index (χ3v) is 4.04. The van der Waals surface area contributed by atoms with Crippen molar-refractivity contribution in [2.75, 3.05) is 0 Å². The predicted octanol–water partition coefficient (Wildman–Crippen LogP) is 3.83. The first-order chi connectivity index (χ1) is 7.74. The second-order valence-corrected chi connectivity index (χ2v) is 5.25. The number of nitrogens with two attached hydrogens (primary N) is 1. The van der Waals surface area contributed by atoms with E-state index in [-0.39, 0.29) is 5.54 Å². The Kier molecular flexibility index (Phi) is 3.65. The summed E-state index contributed by atoms with van der Waals surface area (Å²) in [6.45, 7) is 2.28. The van der Waals surface area contributed by atoms with Crippen molar-refractivity contribution in [2.24, 2.45) is 11.7 Å². The molecule has 2 rings (SSSR count). The number of rotatable bonds is 3. The molecule has 0 unspecified atom stereocenters. The van der Waals surface area contributed by atoms with E-state index in [9.17, 15) is 0 Å². The van der Waals surface area contributed by atoms with Crippen molar-refractivity contribution in [3.05, 3.63) is 35.9 Å². The number of hydrogen-bond donors (Lipinski definition) is 1. The maximum absolute atomic E-state index is 6.54. The molecule has 0 aromatic heterocycles. The van der Waals surface area contributed by atoms with Gasteiger partial charge in [0, 0.05) is 5.54 Å². The van der Waals surface area contributed by atoms with Gasteiger partial charge in [-0.3, -0.25) is 0 Å². The third-order valence-electron chi connectivity index (χ3n) is 4.04. The minimum atomic E-state index is -0.0501. The predicted molar refractivity (Wildman–Crippen MR) is 69.2 cm³/mol. The SMILES string of the molecule is CCCC1CCC(N)(c2ccccc2)CC1. The van der Waals surface area contributed by atoms with Crippen molar-refractivity contribution < 1.29 is 0 Å². The molecule has 2 N–H and O–H groups in total. The summed E-state index contributed by atoms with van der Waals surface area (Å²) in [6, 6.07) is 10.6. The summed E-state index contributed by atoms with van der Waals surface area (Å²) in [5, 5.41) is 0. The maximum Gasteiger partial charge on any atom is 0.0409 e. The molecule has 1 fully saturated rings. The first-order valence-corrected chi connectivity index (χ1v) is 6.59. The van der Waals surface area contributed by atoms with Crippen LogP contribution in [0.1, 0.15) is 51.0 Å². The number of benzene rings is 1. The molecule has 1 aromatic rings.